The van der Waals surface area contributed by atoms with Crippen molar-refractivity contribution < 1.29 is 19.5 Å². The summed E-state index contributed by atoms with van der Waals surface area (Å²) in [5, 5.41) is 12.3. The van der Waals surface area contributed by atoms with E-state index in [9.17, 15) is 19.5 Å². The molecule has 2 amide bonds. The number of nitrogens with zero attached hydrogens (tertiary/aromatic N) is 1. The maximum Gasteiger partial charge on any atom is 0.307 e. The normalized spacial score (nSPS) is 37.9. The highest BCUT2D eigenvalue weighted by Gasteiger charge is 2.51. The van der Waals surface area contributed by atoms with Crippen LogP contribution in [0.4, 0.5) is 0 Å². The first-order chi connectivity index (χ1) is 9.97. The molecule has 0 aromatic rings. The van der Waals surface area contributed by atoms with Crippen LogP contribution in [-0.2, 0) is 14.4 Å². The van der Waals surface area contributed by atoms with Gasteiger partial charge in [-0.3, -0.25) is 14.4 Å². The van der Waals surface area contributed by atoms with Crippen molar-refractivity contribution in [2.75, 3.05) is 13.6 Å². The molecule has 21 heavy (non-hydrogen) atoms. The molecule has 2 fully saturated rings. The summed E-state index contributed by atoms with van der Waals surface area (Å²) >= 11 is 0. The highest BCUT2D eigenvalue weighted by Crippen LogP contribution is 2.48. The van der Waals surface area contributed by atoms with Crippen molar-refractivity contribution in [3.8, 4) is 0 Å². The van der Waals surface area contributed by atoms with Crippen LogP contribution in [0.25, 0.3) is 0 Å². The van der Waals surface area contributed by atoms with Crippen LogP contribution in [0.3, 0.4) is 0 Å². The van der Waals surface area contributed by atoms with Gasteiger partial charge in [0.15, 0.2) is 0 Å². The van der Waals surface area contributed by atoms with E-state index in [1.165, 1.54) is 0 Å². The Balaban J connectivity index is 1.66. The topological polar surface area (TPSA) is 86.7 Å². The molecule has 2 bridgehead atoms. The van der Waals surface area contributed by atoms with Gasteiger partial charge in [0.1, 0.15) is 0 Å². The number of likely N-dealkylation sites (N-methyl/N-ethyl adjacent to an activating group) is 1. The van der Waals surface area contributed by atoms with Gasteiger partial charge in [0.2, 0.25) is 11.8 Å². The average Bonchev–Trinajstić information content (AvgIpc) is 3.03. The Bertz CT molecular complexity index is 516. The van der Waals surface area contributed by atoms with Gasteiger partial charge in [0, 0.05) is 26.1 Å². The second-order valence-electron chi connectivity index (χ2n) is 6.36. The summed E-state index contributed by atoms with van der Waals surface area (Å²) < 4.78 is 0. The number of nitrogens with one attached hydrogen (secondary N) is 1. The van der Waals surface area contributed by atoms with Crippen LogP contribution >= 0.6 is 0 Å². The van der Waals surface area contributed by atoms with Gasteiger partial charge >= 0.3 is 5.97 Å². The summed E-state index contributed by atoms with van der Waals surface area (Å²) in [6, 6.07) is -0.0715. The third-order valence-corrected chi connectivity index (χ3v) is 5.02. The van der Waals surface area contributed by atoms with E-state index in [1.807, 2.05) is 12.2 Å². The predicted octanol–water partition coefficient (Wildman–Crippen LogP) is 0.246. The fraction of sp³-hybridized carbons (Fsp3) is 0.667. The van der Waals surface area contributed by atoms with Crippen LogP contribution in [0.2, 0.25) is 0 Å². The molecule has 1 heterocycles. The molecule has 6 nitrogen and oxygen atoms in total. The van der Waals surface area contributed by atoms with Crippen molar-refractivity contribution in [1.82, 2.24) is 10.2 Å². The molecule has 2 aliphatic carbocycles. The van der Waals surface area contributed by atoms with Gasteiger partial charge in [-0.25, -0.2) is 0 Å². The number of hydrogen-bond donors (Lipinski definition) is 2. The molecule has 0 aromatic carbocycles. The van der Waals surface area contributed by atoms with Crippen LogP contribution in [0, 0.1) is 23.7 Å². The Morgan fingerprint density at radius 2 is 1.95 bits per heavy atom. The molecule has 1 aliphatic heterocycles. The number of fused-ring (bicyclic) bond motifs is 2. The van der Waals surface area contributed by atoms with E-state index in [4.69, 9.17) is 0 Å². The number of allylic oxidation sites excluding steroid dienone is 2. The quantitative estimate of drug-likeness (QED) is 0.730. The van der Waals surface area contributed by atoms with Crippen LogP contribution in [0.5, 0.6) is 0 Å². The molecule has 5 atom stereocenters. The zero-order valence-electron chi connectivity index (χ0n) is 12.0. The molecule has 1 saturated heterocycles. The number of carbonyl (C=O) groups is 3. The minimum absolute atomic E-state index is 0.0149. The van der Waals surface area contributed by atoms with Gasteiger partial charge in [-0.2, -0.15) is 0 Å². The second-order valence-corrected chi connectivity index (χ2v) is 6.36. The smallest absolute Gasteiger partial charge is 0.307 e. The number of likely N-dealkylation sites (tertiary alicyclic amines) is 1. The monoisotopic (exact) mass is 292 g/mol. The summed E-state index contributed by atoms with van der Waals surface area (Å²) in [7, 11) is 1.72. The first-order valence-corrected chi connectivity index (χ1v) is 7.43. The Labute approximate surface area is 123 Å². The molecule has 114 valence electrons. The molecule has 3 aliphatic rings. The van der Waals surface area contributed by atoms with E-state index in [1.54, 1.807) is 11.9 Å². The summed E-state index contributed by atoms with van der Waals surface area (Å²) in [5.74, 6) is -2.02. The Kier molecular flexibility index (Phi) is 3.47. The first-order valence-electron chi connectivity index (χ1n) is 7.43. The summed E-state index contributed by atoms with van der Waals surface area (Å²) in [5.41, 5.74) is 0. The van der Waals surface area contributed by atoms with Gasteiger partial charge in [0.25, 0.3) is 0 Å². The highest BCUT2D eigenvalue weighted by atomic mass is 16.4. The zero-order valence-corrected chi connectivity index (χ0v) is 12.0. The highest BCUT2D eigenvalue weighted by molar-refractivity contribution is 5.87. The van der Waals surface area contributed by atoms with Crippen molar-refractivity contribution in [1.29, 1.82) is 0 Å². The first kappa shape index (κ1) is 14.1. The Morgan fingerprint density at radius 3 is 2.57 bits per heavy atom. The van der Waals surface area contributed by atoms with Crippen molar-refractivity contribution in [2.24, 2.45) is 23.7 Å². The predicted molar refractivity (Wildman–Crippen MR) is 74.2 cm³/mol. The lowest BCUT2D eigenvalue weighted by Gasteiger charge is -2.32. The molecule has 6 heteroatoms. The van der Waals surface area contributed by atoms with E-state index in [2.05, 4.69) is 5.32 Å². The number of carboxylic acid groups (broad SMARTS) is 1. The van der Waals surface area contributed by atoms with Crippen LogP contribution in [-0.4, -0.2) is 47.4 Å². The Hall–Kier alpha value is -1.85. The lowest BCUT2D eigenvalue weighted by atomic mass is 9.82. The number of carboxylic acids is 1. The zero-order chi connectivity index (χ0) is 15.1. The molecular formula is C15H20N2O4. The number of aliphatic carboxylic acids is 1. The van der Waals surface area contributed by atoms with Crippen LogP contribution in [0.1, 0.15) is 19.3 Å². The molecule has 2 N–H and O–H groups in total. The van der Waals surface area contributed by atoms with E-state index in [0.29, 0.717) is 19.4 Å². The minimum Gasteiger partial charge on any atom is -0.481 e. The minimum atomic E-state index is -0.886. The van der Waals surface area contributed by atoms with E-state index >= 15 is 0 Å². The second kappa shape index (κ2) is 5.16. The van der Waals surface area contributed by atoms with E-state index < -0.39 is 17.8 Å². The SMILES string of the molecule is CN1CC(NC(=O)C2C3C=CC(C3)C2C(=O)O)CCC1=O. The molecule has 0 aromatic heterocycles. The fourth-order valence-corrected chi connectivity index (χ4v) is 3.94. The molecule has 5 unspecified atom stereocenters. The summed E-state index contributed by atoms with van der Waals surface area (Å²) in [6.45, 7) is 0.499. The number of rotatable bonds is 3. The number of amides is 2. The number of carbonyl (C=O) groups excluding carboxylic acids is 2. The molecule has 0 spiro atoms. The average molecular weight is 292 g/mol. The van der Waals surface area contributed by atoms with Crippen molar-refractivity contribution >= 4 is 17.8 Å². The summed E-state index contributed by atoms with van der Waals surface area (Å²) in [4.78, 5) is 37.0. The van der Waals surface area contributed by atoms with E-state index in [-0.39, 0.29) is 29.7 Å². The largest absolute Gasteiger partial charge is 0.481 e. The van der Waals surface area contributed by atoms with Gasteiger partial charge in [-0.15, -0.1) is 0 Å². The van der Waals surface area contributed by atoms with Crippen LogP contribution < -0.4 is 5.32 Å². The Morgan fingerprint density at radius 1 is 1.29 bits per heavy atom. The van der Waals surface area contributed by atoms with Crippen molar-refractivity contribution in [3.05, 3.63) is 12.2 Å². The maximum atomic E-state index is 12.5. The van der Waals surface area contributed by atoms with Gasteiger partial charge in [-0.1, -0.05) is 12.2 Å². The van der Waals surface area contributed by atoms with Gasteiger partial charge in [0.05, 0.1) is 11.8 Å². The third kappa shape index (κ3) is 2.43. The molecule has 1 saturated carbocycles. The van der Waals surface area contributed by atoms with Crippen molar-refractivity contribution in [3.63, 3.8) is 0 Å². The molecular weight excluding hydrogens is 272 g/mol. The molecule has 0 radical (unpaired) electrons. The third-order valence-electron chi connectivity index (χ3n) is 5.02. The standard InChI is InChI=1S/C15H20N2O4/c1-17-7-10(4-5-11(17)18)16-14(19)12-8-2-3-9(6-8)13(12)15(20)21/h2-3,8-10,12-13H,4-7H2,1H3,(H,16,19)(H,20,21). The lowest BCUT2D eigenvalue weighted by Crippen LogP contribution is -2.51. The number of hydrogen-bond acceptors (Lipinski definition) is 3. The van der Waals surface area contributed by atoms with E-state index in [0.717, 1.165) is 6.42 Å². The lowest BCUT2D eigenvalue weighted by molar-refractivity contribution is -0.148. The number of piperidine rings is 1. The maximum absolute atomic E-state index is 12.5. The molecule has 3 rings (SSSR count). The fourth-order valence-electron chi connectivity index (χ4n) is 3.94. The van der Waals surface area contributed by atoms with Gasteiger partial charge in [-0.05, 0) is 24.7 Å². The van der Waals surface area contributed by atoms with Crippen molar-refractivity contribution in [2.45, 2.75) is 25.3 Å². The van der Waals surface area contributed by atoms with Crippen LogP contribution in [0.15, 0.2) is 12.2 Å². The summed E-state index contributed by atoms with van der Waals surface area (Å²) in [6.07, 6.45) is 5.73. The van der Waals surface area contributed by atoms with Gasteiger partial charge < -0.3 is 15.3 Å².